The van der Waals surface area contributed by atoms with Crippen LogP contribution in [-0.2, 0) is 6.18 Å². The summed E-state index contributed by atoms with van der Waals surface area (Å²) in [6.07, 6.45) is -2.35. The molecule has 2 saturated heterocycles. The fraction of sp³-hybridized carbons (Fsp3) is 0.571. The summed E-state index contributed by atoms with van der Waals surface area (Å²) >= 11 is 0. The van der Waals surface area contributed by atoms with Crippen molar-refractivity contribution in [3.8, 4) is 6.07 Å². The van der Waals surface area contributed by atoms with Gasteiger partial charge in [0.15, 0.2) is 0 Å². The molecule has 1 aromatic heterocycles. The van der Waals surface area contributed by atoms with Gasteiger partial charge in [0.1, 0.15) is 17.6 Å². The maximum Gasteiger partial charge on any atom is 0.433 e. The fourth-order valence-electron chi connectivity index (χ4n) is 3.15. The molecule has 2 aliphatic heterocycles. The van der Waals surface area contributed by atoms with Crippen molar-refractivity contribution in [2.24, 2.45) is 5.92 Å². The summed E-state index contributed by atoms with van der Waals surface area (Å²) in [5.74, 6) is 0.574. The van der Waals surface area contributed by atoms with Crippen LogP contribution in [0, 0.1) is 17.2 Å². The quantitative estimate of drug-likeness (QED) is 0.863. The fourth-order valence-corrected chi connectivity index (χ4v) is 3.15. The van der Waals surface area contributed by atoms with Gasteiger partial charge in [-0.15, -0.1) is 0 Å². The van der Waals surface area contributed by atoms with Crippen LogP contribution in [0.1, 0.15) is 24.1 Å². The van der Waals surface area contributed by atoms with Gasteiger partial charge < -0.3 is 10.2 Å². The number of nitrogens with zero attached hydrogens (tertiary/aromatic N) is 3. The van der Waals surface area contributed by atoms with E-state index >= 15 is 0 Å². The molecule has 2 fully saturated rings. The predicted octanol–water partition coefficient (Wildman–Crippen LogP) is 2.16. The summed E-state index contributed by atoms with van der Waals surface area (Å²) in [6, 6.07) is 4.29. The SMILES string of the molecule is N#Cc1ccc(C(F)(F)F)nc1N1CC2CCCNC2C1. The average Bonchev–Trinajstić information content (AvgIpc) is 2.89. The number of halogens is 3. The Kier molecular flexibility index (Phi) is 3.49. The molecular weight excluding hydrogens is 281 g/mol. The third-order valence-corrected chi connectivity index (χ3v) is 4.18. The Labute approximate surface area is 120 Å². The Morgan fingerprint density at radius 2 is 2.14 bits per heavy atom. The normalized spacial score (nSPS) is 25.5. The zero-order valence-corrected chi connectivity index (χ0v) is 11.3. The highest BCUT2D eigenvalue weighted by Crippen LogP contribution is 2.33. The number of rotatable bonds is 1. The largest absolute Gasteiger partial charge is 0.433 e. The molecule has 3 rings (SSSR count). The first-order valence-electron chi connectivity index (χ1n) is 6.95. The standard InChI is InChI=1S/C14H15F3N4/c15-14(16,17)12-4-3-9(6-18)13(20-12)21-7-10-2-1-5-19-11(10)8-21/h3-4,10-11,19H,1-2,5,7-8H2. The summed E-state index contributed by atoms with van der Waals surface area (Å²) in [6.45, 7) is 2.20. The van der Waals surface area contributed by atoms with E-state index in [1.165, 1.54) is 6.07 Å². The number of hydrogen-bond acceptors (Lipinski definition) is 4. The molecule has 0 radical (unpaired) electrons. The number of fused-ring (bicyclic) bond motifs is 1. The van der Waals surface area contributed by atoms with E-state index < -0.39 is 11.9 Å². The first kappa shape index (κ1) is 14.1. The van der Waals surface area contributed by atoms with Gasteiger partial charge >= 0.3 is 6.18 Å². The topological polar surface area (TPSA) is 52.0 Å². The van der Waals surface area contributed by atoms with E-state index in [9.17, 15) is 13.2 Å². The average molecular weight is 296 g/mol. The molecule has 7 heteroatoms. The summed E-state index contributed by atoms with van der Waals surface area (Å²) in [4.78, 5) is 5.51. The van der Waals surface area contributed by atoms with Crippen LogP contribution in [0.15, 0.2) is 12.1 Å². The van der Waals surface area contributed by atoms with E-state index in [0.717, 1.165) is 25.5 Å². The molecule has 2 atom stereocenters. The molecule has 112 valence electrons. The predicted molar refractivity (Wildman–Crippen MR) is 70.7 cm³/mol. The lowest BCUT2D eigenvalue weighted by Crippen LogP contribution is -2.40. The molecule has 0 aliphatic carbocycles. The van der Waals surface area contributed by atoms with Crippen LogP contribution in [0.2, 0.25) is 0 Å². The summed E-state index contributed by atoms with van der Waals surface area (Å²) in [5.41, 5.74) is -0.749. The number of piperidine rings is 1. The van der Waals surface area contributed by atoms with Crippen molar-refractivity contribution in [2.75, 3.05) is 24.5 Å². The van der Waals surface area contributed by atoms with Crippen molar-refractivity contribution in [2.45, 2.75) is 25.1 Å². The maximum absolute atomic E-state index is 12.8. The van der Waals surface area contributed by atoms with E-state index in [2.05, 4.69) is 10.3 Å². The van der Waals surface area contributed by atoms with Gasteiger partial charge in [-0.05, 0) is 37.4 Å². The summed E-state index contributed by atoms with van der Waals surface area (Å²) in [5, 5.41) is 12.5. The minimum Gasteiger partial charge on any atom is -0.354 e. The highest BCUT2D eigenvalue weighted by Gasteiger charge is 2.38. The van der Waals surface area contributed by atoms with Gasteiger partial charge in [-0.25, -0.2) is 4.98 Å². The molecule has 0 aromatic carbocycles. The molecule has 0 saturated carbocycles. The van der Waals surface area contributed by atoms with E-state index in [4.69, 9.17) is 5.26 Å². The van der Waals surface area contributed by atoms with Gasteiger partial charge in [-0.1, -0.05) is 0 Å². The van der Waals surface area contributed by atoms with Crippen LogP contribution >= 0.6 is 0 Å². The zero-order chi connectivity index (χ0) is 15.0. The highest BCUT2D eigenvalue weighted by atomic mass is 19.4. The first-order valence-corrected chi connectivity index (χ1v) is 6.95. The third kappa shape index (κ3) is 2.68. The Morgan fingerprint density at radius 1 is 1.33 bits per heavy atom. The Morgan fingerprint density at radius 3 is 2.81 bits per heavy atom. The van der Waals surface area contributed by atoms with Crippen molar-refractivity contribution >= 4 is 5.82 Å². The molecule has 0 bridgehead atoms. The molecule has 0 amide bonds. The molecule has 3 heterocycles. The van der Waals surface area contributed by atoms with Crippen molar-refractivity contribution < 1.29 is 13.2 Å². The molecule has 21 heavy (non-hydrogen) atoms. The van der Waals surface area contributed by atoms with Crippen LogP contribution in [0.3, 0.4) is 0 Å². The van der Waals surface area contributed by atoms with Crippen molar-refractivity contribution in [3.63, 3.8) is 0 Å². The zero-order valence-electron chi connectivity index (χ0n) is 11.3. The van der Waals surface area contributed by atoms with Gasteiger partial charge in [0.05, 0.1) is 5.56 Å². The molecule has 0 spiro atoms. The van der Waals surface area contributed by atoms with E-state index in [0.29, 0.717) is 19.0 Å². The van der Waals surface area contributed by atoms with Crippen LogP contribution in [0.4, 0.5) is 19.0 Å². The number of hydrogen-bond donors (Lipinski definition) is 1. The maximum atomic E-state index is 12.8. The number of pyridine rings is 1. The van der Waals surface area contributed by atoms with E-state index in [1.807, 2.05) is 6.07 Å². The van der Waals surface area contributed by atoms with Crippen LogP contribution in [0.25, 0.3) is 0 Å². The number of anilines is 1. The second-order valence-corrected chi connectivity index (χ2v) is 5.55. The minimum absolute atomic E-state index is 0.156. The molecule has 2 unspecified atom stereocenters. The molecule has 1 aromatic rings. The number of aromatic nitrogens is 1. The smallest absolute Gasteiger partial charge is 0.354 e. The van der Waals surface area contributed by atoms with Crippen molar-refractivity contribution in [1.29, 1.82) is 5.26 Å². The van der Waals surface area contributed by atoms with Crippen molar-refractivity contribution in [1.82, 2.24) is 10.3 Å². The lowest BCUT2D eigenvalue weighted by molar-refractivity contribution is -0.141. The van der Waals surface area contributed by atoms with Gasteiger partial charge in [0.25, 0.3) is 0 Å². The van der Waals surface area contributed by atoms with Crippen LogP contribution in [0.5, 0.6) is 0 Å². The Bertz CT molecular complexity index is 565. The van der Waals surface area contributed by atoms with Crippen LogP contribution < -0.4 is 10.2 Å². The highest BCUT2D eigenvalue weighted by molar-refractivity contribution is 5.55. The van der Waals surface area contributed by atoms with Crippen LogP contribution in [-0.4, -0.2) is 30.7 Å². The van der Waals surface area contributed by atoms with E-state index in [-0.39, 0.29) is 17.4 Å². The number of alkyl halides is 3. The Hall–Kier alpha value is -1.81. The summed E-state index contributed by atoms with van der Waals surface area (Å²) in [7, 11) is 0. The van der Waals surface area contributed by atoms with E-state index in [1.54, 1.807) is 4.90 Å². The lowest BCUT2D eigenvalue weighted by atomic mass is 9.94. The molecule has 1 N–H and O–H groups in total. The third-order valence-electron chi connectivity index (χ3n) is 4.18. The number of nitrogens with one attached hydrogen (secondary N) is 1. The number of nitriles is 1. The lowest BCUT2D eigenvalue weighted by Gasteiger charge is -2.24. The van der Waals surface area contributed by atoms with Gasteiger partial charge in [-0.2, -0.15) is 18.4 Å². The summed E-state index contributed by atoms with van der Waals surface area (Å²) < 4.78 is 38.4. The molecule has 4 nitrogen and oxygen atoms in total. The second-order valence-electron chi connectivity index (χ2n) is 5.55. The Balaban J connectivity index is 1.92. The second kappa shape index (κ2) is 5.19. The molecular formula is C14H15F3N4. The molecule has 2 aliphatic rings. The van der Waals surface area contributed by atoms with Gasteiger partial charge in [-0.3, -0.25) is 0 Å². The monoisotopic (exact) mass is 296 g/mol. The minimum atomic E-state index is -4.49. The first-order chi connectivity index (χ1) is 9.99. The van der Waals surface area contributed by atoms with Gasteiger partial charge in [0, 0.05) is 19.1 Å². The van der Waals surface area contributed by atoms with Gasteiger partial charge in [0.2, 0.25) is 0 Å². The van der Waals surface area contributed by atoms with Crippen molar-refractivity contribution in [3.05, 3.63) is 23.4 Å².